The summed E-state index contributed by atoms with van der Waals surface area (Å²) < 4.78 is 16.1. The smallest absolute Gasteiger partial charge is 0.410 e. The molecule has 1 amide bonds. The second-order valence-electron chi connectivity index (χ2n) is 5.98. The summed E-state index contributed by atoms with van der Waals surface area (Å²) in [5.74, 6) is 1.39. The third-order valence-electron chi connectivity index (χ3n) is 2.85. The zero-order valence-corrected chi connectivity index (χ0v) is 13.9. The number of nitrogens with zero attached hydrogens (tertiary/aromatic N) is 1. The highest BCUT2D eigenvalue weighted by molar-refractivity contribution is 5.68. The van der Waals surface area contributed by atoms with Crippen molar-refractivity contribution in [3.05, 3.63) is 23.3 Å². The molecule has 1 aromatic rings. The van der Waals surface area contributed by atoms with Crippen LogP contribution in [0.15, 0.2) is 12.1 Å². The highest BCUT2D eigenvalue weighted by Gasteiger charge is 2.22. The van der Waals surface area contributed by atoms with E-state index in [1.165, 1.54) is 4.90 Å². The lowest BCUT2D eigenvalue weighted by Gasteiger charge is -2.25. The predicted molar refractivity (Wildman–Crippen MR) is 82.0 cm³/mol. The van der Waals surface area contributed by atoms with Gasteiger partial charge in [0.2, 0.25) is 0 Å². The molecule has 0 atom stereocenters. The lowest BCUT2D eigenvalue weighted by Crippen LogP contribution is -2.34. The fourth-order valence-corrected chi connectivity index (χ4v) is 1.91. The Hall–Kier alpha value is -1.91. The minimum absolute atomic E-state index is 0.349. The second-order valence-corrected chi connectivity index (χ2v) is 5.98. The molecule has 1 rings (SSSR count). The van der Waals surface area contributed by atoms with Crippen LogP contribution in [0.1, 0.15) is 31.9 Å². The van der Waals surface area contributed by atoms with Gasteiger partial charge in [-0.1, -0.05) is 0 Å². The van der Waals surface area contributed by atoms with E-state index >= 15 is 0 Å². The van der Waals surface area contributed by atoms with Crippen molar-refractivity contribution in [2.75, 3.05) is 21.3 Å². The van der Waals surface area contributed by atoms with Gasteiger partial charge in [0, 0.05) is 7.05 Å². The molecule has 0 aliphatic carbocycles. The standard InChI is InChI=1S/C16H25NO4/c1-11-8-13(19-6)12(14(9-11)20-7)10-17(5)15(18)21-16(2,3)4/h8-9H,10H2,1-7H3. The molecule has 0 saturated heterocycles. The first kappa shape index (κ1) is 17.1. The quantitative estimate of drug-likeness (QED) is 0.854. The number of hydrogen-bond donors (Lipinski definition) is 0. The number of hydrogen-bond acceptors (Lipinski definition) is 4. The number of carbonyl (C=O) groups is 1. The van der Waals surface area contributed by atoms with Crippen LogP contribution in [-0.2, 0) is 11.3 Å². The van der Waals surface area contributed by atoms with Crippen LogP contribution in [0.2, 0.25) is 0 Å². The van der Waals surface area contributed by atoms with Crippen molar-refractivity contribution in [3.8, 4) is 11.5 Å². The first-order valence-electron chi connectivity index (χ1n) is 6.83. The Bertz CT molecular complexity index is 480. The normalized spacial score (nSPS) is 11.0. The van der Waals surface area contributed by atoms with Gasteiger partial charge in [0.1, 0.15) is 17.1 Å². The molecular formula is C16H25NO4. The van der Waals surface area contributed by atoms with Crippen molar-refractivity contribution < 1.29 is 19.0 Å². The summed E-state index contributed by atoms with van der Waals surface area (Å²) >= 11 is 0. The van der Waals surface area contributed by atoms with Crippen LogP contribution in [0, 0.1) is 6.92 Å². The van der Waals surface area contributed by atoms with Crippen LogP contribution in [0.3, 0.4) is 0 Å². The first-order chi connectivity index (χ1) is 9.67. The van der Waals surface area contributed by atoms with E-state index in [-0.39, 0.29) is 6.09 Å². The van der Waals surface area contributed by atoms with Crippen molar-refractivity contribution >= 4 is 6.09 Å². The Morgan fingerprint density at radius 3 is 2.00 bits per heavy atom. The molecule has 0 saturated carbocycles. The molecule has 0 bridgehead atoms. The van der Waals surface area contributed by atoms with E-state index in [9.17, 15) is 4.79 Å². The van der Waals surface area contributed by atoms with Gasteiger partial charge < -0.3 is 19.1 Å². The van der Waals surface area contributed by atoms with Gasteiger partial charge in [-0.15, -0.1) is 0 Å². The summed E-state index contributed by atoms with van der Waals surface area (Å²) in [5, 5.41) is 0. The molecule has 0 spiro atoms. The van der Waals surface area contributed by atoms with Gasteiger partial charge in [-0.3, -0.25) is 0 Å². The highest BCUT2D eigenvalue weighted by Crippen LogP contribution is 2.31. The van der Waals surface area contributed by atoms with E-state index in [4.69, 9.17) is 14.2 Å². The number of amides is 1. The molecule has 0 unspecified atom stereocenters. The maximum Gasteiger partial charge on any atom is 0.410 e. The topological polar surface area (TPSA) is 48.0 Å². The maximum absolute atomic E-state index is 12.1. The van der Waals surface area contributed by atoms with Gasteiger partial charge in [-0.05, 0) is 45.4 Å². The SMILES string of the molecule is COc1cc(C)cc(OC)c1CN(C)C(=O)OC(C)(C)C. The number of benzene rings is 1. The summed E-state index contributed by atoms with van der Waals surface area (Å²) in [7, 11) is 4.89. The number of carbonyl (C=O) groups excluding carboxylic acids is 1. The van der Waals surface area contributed by atoms with Gasteiger partial charge in [-0.25, -0.2) is 4.79 Å². The van der Waals surface area contributed by atoms with Gasteiger partial charge in [-0.2, -0.15) is 0 Å². The third-order valence-corrected chi connectivity index (χ3v) is 2.85. The Balaban J connectivity index is 2.99. The molecule has 0 radical (unpaired) electrons. The van der Waals surface area contributed by atoms with Gasteiger partial charge in [0.05, 0.1) is 26.3 Å². The first-order valence-corrected chi connectivity index (χ1v) is 6.83. The Morgan fingerprint density at radius 2 is 1.62 bits per heavy atom. The van der Waals surface area contributed by atoms with E-state index in [0.29, 0.717) is 18.0 Å². The van der Waals surface area contributed by atoms with Crippen LogP contribution in [0.25, 0.3) is 0 Å². The lowest BCUT2D eigenvalue weighted by molar-refractivity contribution is 0.0283. The van der Waals surface area contributed by atoms with Crippen molar-refractivity contribution in [1.29, 1.82) is 0 Å². The van der Waals surface area contributed by atoms with Crippen molar-refractivity contribution in [3.63, 3.8) is 0 Å². The summed E-state index contributed by atoms with van der Waals surface area (Å²) in [6.07, 6.45) is -0.382. The number of rotatable bonds is 4. The Morgan fingerprint density at radius 1 is 1.14 bits per heavy atom. The number of methoxy groups -OCH3 is 2. The number of ether oxygens (including phenoxy) is 3. The molecular weight excluding hydrogens is 270 g/mol. The minimum Gasteiger partial charge on any atom is -0.496 e. The monoisotopic (exact) mass is 295 g/mol. The second kappa shape index (κ2) is 6.70. The van der Waals surface area contributed by atoms with Crippen LogP contribution in [-0.4, -0.2) is 37.9 Å². The molecule has 1 aromatic carbocycles. The molecule has 0 N–H and O–H groups in total. The van der Waals surface area contributed by atoms with Crippen LogP contribution in [0.4, 0.5) is 4.79 Å². The van der Waals surface area contributed by atoms with Crippen molar-refractivity contribution in [2.24, 2.45) is 0 Å². The van der Waals surface area contributed by atoms with Crippen LogP contribution < -0.4 is 9.47 Å². The van der Waals surface area contributed by atoms with Crippen molar-refractivity contribution in [2.45, 2.75) is 39.8 Å². The summed E-state index contributed by atoms with van der Waals surface area (Å²) in [6.45, 7) is 7.83. The molecule has 118 valence electrons. The molecule has 5 heteroatoms. The van der Waals surface area contributed by atoms with E-state index in [2.05, 4.69) is 0 Å². The maximum atomic E-state index is 12.1. The van der Waals surface area contributed by atoms with Crippen LogP contribution >= 0.6 is 0 Å². The van der Waals surface area contributed by atoms with Gasteiger partial charge in [0.25, 0.3) is 0 Å². The molecule has 0 aromatic heterocycles. The fraction of sp³-hybridized carbons (Fsp3) is 0.562. The summed E-state index contributed by atoms with van der Waals surface area (Å²) in [5.41, 5.74) is 1.33. The van der Waals surface area contributed by atoms with E-state index in [0.717, 1.165) is 11.1 Å². The Labute approximate surface area is 126 Å². The summed E-state index contributed by atoms with van der Waals surface area (Å²) in [4.78, 5) is 13.6. The molecule has 0 aliphatic rings. The van der Waals surface area contributed by atoms with E-state index in [1.54, 1.807) is 21.3 Å². The average Bonchev–Trinajstić information content (AvgIpc) is 2.37. The van der Waals surface area contributed by atoms with Gasteiger partial charge >= 0.3 is 6.09 Å². The van der Waals surface area contributed by atoms with Crippen molar-refractivity contribution in [1.82, 2.24) is 4.90 Å². The predicted octanol–water partition coefficient (Wildman–Crippen LogP) is 3.38. The van der Waals surface area contributed by atoms with E-state index < -0.39 is 5.60 Å². The zero-order valence-electron chi connectivity index (χ0n) is 13.9. The lowest BCUT2D eigenvalue weighted by atomic mass is 10.1. The zero-order chi connectivity index (χ0) is 16.2. The minimum atomic E-state index is -0.521. The molecule has 5 nitrogen and oxygen atoms in total. The summed E-state index contributed by atoms with van der Waals surface area (Å²) in [6, 6.07) is 3.83. The van der Waals surface area contributed by atoms with E-state index in [1.807, 2.05) is 39.8 Å². The highest BCUT2D eigenvalue weighted by atomic mass is 16.6. The molecule has 21 heavy (non-hydrogen) atoms. The van der Waals surface area contributed by atoms with Gasteiger partial charge in [0.15, 0.2) is 0 Å². The van der Waals surface area contributed by atoms with Crippen LogP contribution in [0.5, 0.6) is 11.5 Å². The third kappa shape index (κ3) is 4.85. The number of aryl methyl sites for hydroxylation is 1. The fourth-order valence-electron chi connectivity index (χ4n) is 1.91. The molecule has 0 heterocycles. The largest absolute Gasteiger partial charge is 0.496 e. The molecule has 0 fully saturated rings. The molecule has 0 aliphatic heterocycles. The average molecular weight is 295 g/mol. The Kier molecular flexibility index (Phi) is 5.47.